The molecule has 2 aliphatic heterocycles. The van der Waals surface area contributed by atoms with Crippen LogP contribution in [0.25, 0.3) is 0 Å². The van der Waals surface area contributed by atoms with Crippen molar-refractivity contribution in [3.8, 4) is 0 Å². The predicted molar refractivity (Wildman–Crippen MR) is 69.5 cm³/mol. The maximum absolute atomic E-state index is 5.44. The molecule has 0 amide bonds. The second-order valence-corrected chi connectivity index (χ2v) is 5.43. The van der Waals surface area contributed by atoms with Crippen molar-refractivity contribution in [2.75, 3.05) is 24.5 Å². The zero-order valence-corrected chi connectivity index (χ0v) is 11.1. The highest BCUT2D eigenvalue weighted by Crippen LogP contribution is 2.29. The summed E-state index contributed by atoms with van der Waals surface area (Å²) in [7, 11) is 0. The number of nitrogens with one attached hydrogen (secondary N) is 1. The van der Waals surface area contributed by atoms with E-state index in [1.54, 1.807) is 0 Å². The van der Waals surface area contributed by atoms with Crippen molar-refractivity contribution in [3.63, 3.8) is 0 Å². The van der Waals surface area contributed by atoms with Gasteiger partial charge in [0.15, 0.2) is 0 Å². The van der Waals surface area contributed by atoms with Gasteiger partial charge in [-0.3, -0.25) is 0 Å². The summed E-state index contributed by atoms with van der Waals surface area (Å²) in [6, 6.07) is 0.257. The summed E-state index contributed by atoms with van der Waals surface area (Å²) >= 11 is 0. The van der Waals surface area contributed by atoms with E-state index in [1.807, 2.05) is 0 Å². The summed E-state index contributed by atoms with van der Waals surface area (Å²) in [5, 5.41) is 7.61. The summed E-state index contributed by atoms with van der Waals surface area (Å²) in [6.07, 6.45) is 6.11. The molecule has 0 spiro atoms. The van der Waals surface area contributed by atoms with Crippen LogP contribution in [0.5, 0.6) is 0 Å². The molecule has 5 nitrogen and oxygen atoms in total. The lowest BCUT2D eigenvalue weighted by Gasteiger charge is -2.27. The lowest BCUT2D eigenvalue weighted by atomic mass is 9.90. The Morgan fingerprint density at radius 3 is 3.00 bits per heavy atom. The molecule has 1 N–H and O–H groups in total. The third-order valence-corrected chi connectivity index (χ3v) is 4.21. The molecule has 2 atom stereocenters. The lowest BCUT2D eigenvalue weighted by molar-refractivity contribution is 0.246. The number of hydrogen-bond acceptors (Lipinski definition) is 5. The fourth-order valence-corrected chi connectivity index (χ4v) is 2.97. The molecule has 2 saturated heterocycles. The van der Waals surface area contributed by atoms with Crippen LogP contribution in [0.1, 0.15) is 51.0 Å². The average Bonchev–Trinajstić information content (AvgIpc) is 3.09. The molecule has 1 aromatic heterocycles. The standard InChI is InChI=1S/C13H22N4O/c1-2-10-5-6-14-11(9-10)12-15-13(16-18-12)17-7-3-4-8-17/h10-11,14H,2-9H2,1H3. The molecule has 0 aliphatic carbocycles. The van der Waals surface area contributed by atoms with Crippen LogP contribution in [0.4, 0.5) is 5.95 Å². The summed E-state index contributed by atoms with van der Waals surface area (Å²) in [6.45, 7) is 5.45. The Kier molecular flexibility index (Phi) is 3.50. The van der Waals surface area contributed by atoms with E-state index in [0.29, 0.717) is 0 Å². The Balaban J connectivity index is 1.68. The third-order valence-electron chi connectivity index (χ3n) is 4.21. The zero-order chi connectivity index (χ0) is 12.4. The van der Waals surface area contributed by atoms with Crippen LogP contribution in [0.3, 0.4) is 0 Å². The van der Waals surface area contributed by atoms with E-state index in [4.69, 9.17) is 4.52 Å². The Morgan fingerprint density at radius 2 is 2.22 bits per heavy atom. The summed E-state index contributed by atoms with van der Waals surface area (Å²) in [4.78, 5) is 6.79. The highest BCUT2D eigenvalue weighted by atomic mass is 16.5. The number of piperidine rings is 1. The van der Waals surface area contributed by atoms with Gasteiger partial charge in [0.05, 0.1) is 6.04 Å². The van der Waals surface area contributed by atoms with Crippen LogP contribution in [0.2, 0.25) is 0 Å². The first-order valence-electron chi connectivity index (χ1n) is 7.18. The fourth-order valence-electron chi connectivity index (χ4n) is 2.97. The monoisotopic (exact) mass is 250 g/mol. The minimum Gasteiger partial charge on any atom is -0.338 e. The summed E-state index contributed by atoms with van der Waals surface area (Å²) in [5.74, 6) is 2.34. The first-order chi connectivity index (χ1) is 8.86. The lowest BCUT2D eigenvalue weighted by Crippen LogP contribution is -2.31. The molecule has 0 saturated carbocycles. The minimum absolute atomic E-state index is 0.257. The third kappa shape index (κ3) is 2.36. The molecule has 1 aromatic rings. The van der Waals surface area contributed by atoms with Gasteiger partial charge < -0.3 is 14.7 Å². The molecule has 2 fully saturated rings. The summed E-state index contributed by atoms with van der Waals surface area (Å²) < 4.78 is 5.44. The van der Waals surface area contributed by atoms with Gasteiger partial charge in [0.1, 0.15) is 0 Å². The van der Waals surface area contributed by atoms with Crippen LogP contribution in [-0.4, -0.2) is 29.8 Å². The van der Waals surface area contributed by atoms with Gasteiger partial charge in [-0.1, -0.05) is 13.3 Å². The van der Waals surface area contributed by atoms with Crippen LogP contribution >= 0.6 is 0 Å². The number of anilines is 1. The first kappa shape index (κ1) is 12.0. The van der Waals surface area contributed by atoms with E-state index in [0.717, 1.165) is 43.8 Å². The van der Waals surface area contributed by atoms with Gasteiger partial charge in [-0.15, -0.1) is 0 Å². The molecule has 0 aromatic carbocycles. The van der Waals surface area contributed by atoms with Crippen molar-refractivity contribution in [1.29, 1.82) is 0 Å². The molecule has 2 unspecified atom stereocenters. The highest BCUT2D eigenvalue weighted by molar-refractivity contribution is 5.29. The zero-order valence-electron chi connectivity index (χ0n) is 11.1. The number of rotatable bonds is 3. The van der Waals surface area contributed by atoms with Gasteiger partial charge in [0.2, 0.25) is 5.89 Å². The molecular formula is C13H22N4O. The quantitative estimate of drug-likeness (QED) is 0.890. The van der Waals surface area contributed by atoms with Gasteiger partial charge in [0, 0.05) is 13.1 Å². The molecule has 2 aliphatic rings. The van der Waals surface area contributed by atoms with Crippen LogP contribution in [0.15, 0.2) is 4.52 Å². The second-order valence-electron chi connectivity index (χ2n) is 5.43. The predicted octanol–water partition coefficient (Wildman–Crippen LogP) is 2.12. The van der Waals surface area contributed by atoms with Crippen LogP contribution in [0, 0.1) is 5.92 Å². The van der Waals surface area contributed by atoms with Gasteiger partial charge in [0.25, 0.3) is 5.95 Å². The Morgan fingerprint density at radius 1 is 1.39 bits per heavy atom. The van der Waals surface area contributed by atoms with Crippen molar-refractivity contribution in [3.05, 3.63) is 5.89 Å². The van der Waals surface area contributed by atoms with Gasteiger partial charge in [-0.2, -0.15) is 4.98 Å². The molecule has 18 heavy (non-hydrogen) atoms. The first-order valence-corrected chi connectivity index (χ1v) is 7.18. The van der Waals surface area contributed by atoms with Crippen LogP contribution < -0.4 is 10.2 Å². The highest BCUT2D eigenvalue weighted by Gasteiger charge is 2.27. The van der Waals surface area contributed by atoms with Crippen molar-refractivity contribution in [2.45, 2.75) is 45.1 Å². The Labute approximate surface area is 108 Å². The smallest absolute Gasteiger partial charge is 0.266 e. The largest absolute Gasteiger partial charge is 0.338 e. The molecule has 100 valence electrons. The van der Waals surface area contributed by atoms with Crippen molar-refractivity contribution < 1.29 is 4.52 Å². The fraction of sp³-hybridized carbons (Fsp3) is 0.846. The van der Waals surface area contributed by atoms with E-state index in [2.05, 4.69) is 27.3 Å². The van der Waals surface area contributed by atoms with E-state index in [-0.39, 0.29) is 6.04 Å². The van der Waals surface area contributed by atoms with Crippen molar-refractivity contribution in [2.24, 2.45) is 5.92 Å². The molecular weight excluding hydrogens is 228 g/mol. The average molecular weight is 250 g/mol. The normalized spacial score (nSPS) is 28.8. The molecule has 3 rings (SSSR count). The van der Waals surface area contributed by atoms with E-state index < -0.39 is 0 Å². The molecule has 0 bridgehead atoms. The minimum atomic E-state index is 0.257. The second kappa shape index (κ2) is 5.26. The summed E-state index contributed by atoms with van der Waals surface area (Å²) in [5.41, 5.74) is 0. The molecule has 0 radical (unpaired) electrons. The number of aromatic nitrogens is 2. The van der Waals surface area contributed by atoms with Gasteiger partial charge in [-0.25, -0.2) is 0 Å². The van der Waals surface area contributed by atoms with Crippen LogP contribution in [-0.2, 0) is 0 Å². The maximum Gasteiger partial charge on any atom is 0.266 e. The van der Waals surface area contributed by atoms with E-state index in [9.17, 15) is 0 Å². The SMILES string of the molecule is CCC1CCNC(c2nc(N3CCCC3)no2)C1. The van der Waals surface area contributed by atoms with Crippen molar-refractivity contribution in [1.82, 2.24) is 15.5 Å². The molecule has 5 heteroatoms. The molecule has 3 heterocycles. The Hall–Kier alpha value is -1.10. The Bertz CT molecular complexity index is 386. The topological polar surface area (TPSA) is 54.2 Å². The number of nitrogens with zero attached hydrogens (tertiary/aromatic N) is 3. The maximum atomic E-state index is 5.44. The van der Waals surface area contributed by atoms with Gasteiger partial charge in [-0.05, 0) is 43.3 Å². The van der Waals surface area contributed by atoms with Crippen molar-refractivity contribution >= 4 is 5.95 Å². The number of hydrogen-bond donors (Lipinski definition) is 1. The van der Waals surface area contributed by atoms with E-state index >= 15 is 0 Å². The van der Waals surface area contributed by atoms with E-state index in [1.165, 1.54) is 25.7 Å². The van der Waals surface area contributed by atoms with Gasteiger partial charge >= 0.3 is 0 Å².